The Kier molecular flexibility index (Phi) is 3.78. The number of hydrogen-bond donors (Lipinski definition) is 0. The maximum atomic E-state index is 11.6. The Hall–Kier alpha value is -2.10. The van der Waals surface area contributed by atoms with Gasteiger partial charge in [-0.1, -0.05) is 41.9 Å². The number of carbonyl (C=O) groups excluding carboxylic acids is 1. The molecule has 3 rings (SSSR count). The van der Waals surface area contributed by atoms with E-state index >= 15 is 0 Å². The van der Waals surface area contributed by atoms with Gasteiger partial charge in [0.2, 0.25) is 0 Å². The lowest BCUT2D eigenvalue weighted by molar-refractivity contribution is 0.107. The van der Waals surface area contributed by atoms with Crippen LogP contribution in [0.15, 0.2) is 60.7 Å². The first-order chi connectivity index (χ1) is 10.1. The Morgan fingerprint density at radius 2 is 1.67 bits per heavy atom. The highest BCUT2D eigenvalue weighted by Gasteiger charge is 2.15. The van der Waals surface area contributed by atoms with Gasteiger partial charge in [-0.15, -0.1) is 0 Å². The third kappa shape index (κ3) is 2.84. The number of halogens is 2. The van der Waals surface area contributed by atoms with E-state index in [0.29, 0.717) is 16.4 Å². The summed E-state index contributed by atoms with van der Waals surface area (Å²) in [6, 6.07) is 18.3. The van der Waals surface area contributed by atoms with Crippen molar-refractivity contribution in [3.8, 4) is 16.9 Å². The quantitative estimate of drug-likeness (QED) is 0.663. The average Bonchev–Trinajstić information content (AvgIpc) is 2.94. The van der Waals surface area contributed by atoms with Gasteiger partial charge in [-0.2, -0.15) is 5.10 Å². The van der Waals surface area contributed by atoms with Crippen LogP contribution in [-0.2, 0) is 0 Å². The molecule has 1 heterocycles. The SMILES string of the molecule is O=C(Cl)c1cc(-c2ccccc2)nn1-c1ccc(Cl)cc1. The van der Waals surface area contributed by atoms with Crippen LogP contribution in [0.4, 0.5) is 0 Å². The van der Waals surface area contributed by atoms with E-state index in [1.165, 1.54) is 4.68 Å². The fourth-order valence-corrected chi connectivity index (χ4v) is 2.31. The molecule has 0 saturated carbocycles. The molecule has 0 bridgehead atoms. The van der Waals surface area contributed by atoms with Gasteiger partial charge in [0.15, 0.2) is 0 Å². The van der Waals surface area contributed by atoms with Gasteiger partial charge in [-0.05, 0) is 41.9 Å². The molecule has 2 aromatic carbocycles. The van der Waals surface area contributed by atoms with Crippen molar-refractivity contribution in [3.05, 3.63) is 71.4 Å². The molecule has 0 amide bonds. The summed E-state index contributed by atoms with van der Waals surface area (Å²) in [5.74, 6) is 0. The third-order valence-corrected chi connectivity index (χ3v) is 3.50. The van der Waals surface area contributed by atoms with Gasteiger partial charge < -0.3 is 0 Å². The first-order valence-corrected chi connectivity index (χ1v) is 7.02. The molecule has 0 fully saturated rings. The number of rotatable bonds is 3. The fraction of sp³-hybridized carbons (Fsp3) is 0. The highest BCUT2D eigenvalue weighted by atomic mass is 35.5. The highest BCUT2D eigenvalue weighted by Crippen LogP contribution is 2.23. The molecule has 21 heavy (non-hydrogen) atoms. The smallest absolute Gasteiger partial charge is 0.270 e. The van der Waals surface area contributed by atoms with E-state index in [1.54, 1.807) is 30.3 Å². The van der Waals surface area contributed by atoms with Crippen molar-refractivity contribution >= 4 is 28.4 Å². The fourth-order valence-electron chi connectivity index (χ4n) is 2.05. The van der Waals surface area contributed by atoms with Crippen LogP contribution in [0, 0.1) is 0 Å². The predicted octanol–water partition coefficient (Wildman–Crippen LogP) is 4.57. The third-order valence-electron chi connectivity index (χ3n) is 3.05. The highest BCUT2D eigenvalue weighted by molar-refractivity contribution is 6.67. The largest absolute Gasteiger partial charge is 0.274 e. The molecule has 3 aromatic rings. The van der Waals surface area contributed by atoms with Crippen molar-refractivity contribution in [3.63, 3.8) is 0 Å². The Balaban J connectivity index is 2.14. The van der Waals surface area contributed by atoms with Crippen LogP contribution in [0.3, 0.4) is 0 Å². The minimum atomic E-state index is -0.556. The molecule has 1 aromatic heterocycles. The Morgan fingerprint density at radius 3 is 2.29 bits per heavy atom. The van der Waals surface area contributed by atoms with Gasteiger partial charge >= 0.3 is 0 Å². The lowest BCUT2D eigenvalue weighted by atomic mass is 10.1. The van der Waals surface area contributed by atoms with Crippen molar-refractivity contribution in [2.24, 2.45) is 0 Å². The zero-order valence-electron chi connectivity index (χ0n) is 10.8. The van der Waals surface area contributed by atoms with Crippen LogP contribution in [0.25, 0.3) is 16.9 Å². The van der Waals surface area contributed by atoms with Gasteiger partial charge in [-0.3, -0.25) is 4.79 Å². The molecule has 0 aliphatic carbocycles. The molecule has 3 nitrogen and oxygen atoms in total. The van der Waals surface area contributed by atoms with E-state index in [0.717, 1.165) is 11.3 Å². The van der Waals surface area contributed by atoms with Crippen LogP contribution in [0.2, 0.25) is 5.02 Å². The second-order valence-corrected chi connectivity index (χ2v) is 5.22. The normalized spacial score (nSPS) is 10.6. The number of nitrogens with zero attached hydrogens (tertiary/aromatic N) is 2. The van der Waals surface area contributed by atoms with Crippen LogP contribution in [0.5, 0.6) is 0 Å². The summed E-state index contributed by atoms with van der Waals surface area (Å²) in [6.07, 6.45) is 0. The van der Waals surface area contributed by atoms with E-state index in [-0.39, 0.29) is 0 Å². The maximum absolute atomic E-state index is 11.6. The predicted molar refractivity (Wildman–Crippen MR) is 84.2 cm³/mol. The zero-order chi connectivity index (χ0) is 14.8. The molecule has 0 N–H and O–H groups in total. The maximum Gasteiger partial charge on any atom is 0.270 e. The van der Waals surface area contributed by atoms with Crippen molar-refractivity contribution in [2.45, 2.75) is 0 Å². The average molecular weight is 317 g/mol. The van der Waals surface area contributed by atoms with Crippen molar-refractivity contribution in [2.75, 3.05) is 0 Å². The Labute approximate surface area is 131 Å². The number of carbonyl (C=O) groups is 1. The molecule has 0 aliphatic rings. The van der Waals surface area contributed by atoms with E-state index in [4.69, 9.17) is 23.2 Å². The molecule has 0 spiro atoms. The van der Waals surface area contributed by atoms with Gasteiger partial charge in [0.05, 0.1) is 11.4 Å². The molecule has 104 valence electrons. The Morgan fingerprint density at radius 1 is 1.00 bits per heavy atom. The minimum Gasteiger partial charge on any atom is -0.274 e. The first-order valence-electron chi connectivity index (χ1n) is 6.26. The van der Waals surface area contributed by atoms with Crippen LogP contribution < -0.4 is 0 Å². The zero-order valence-corrected chi connectivity index (χ0v) is 12.3. The molecule has 0 saturated heterocycles. The molecule has 0 unspecified atom stereocenters. The van der Waals surface area contributed by atoms with Gasteiger partial charge in [0.1, 0.15) is 5.69 Å². The number of benzene rings is 2. The Bertz CT molecular complexity index is 780. The van der Waals surface area contributed by atoms with E-state index in [1.807, 2.05) is 30.3 Å². The van der Waals surface area contributed by atoms with Gasteiger partial charge in [0, 0.05) is 10.6 Å². The van der Waals surface area contributed by atoms with E-state index < -0.39 is 5.24 Å². The monoisotopic (exact) mass is 316 g/mol. The summed E-state index contributed by atoms with van der Waals surface area (Å²) in [4.78, 5) is 11.6. The van der Waals surface area contributed by atoms with Crippen molar-refractivity contribution in [1.82, 2.24) is 9.78 Å². The van der Waals surface area contributed by atoms with Gasteiger partial charge in [-0.25, -0.2) is 4.68 Å². The standard InChI is InChI=1S/C16H10Cl2N2O/c17-12-6-8-13(9-7-12)20-15(16(18)21)10-14(19-20)11-4-2-1-3-5-11/h1-10H. The lowest BCUT2D eigenvalue weighted by Gasteiger charge is -2.04. The molecular formula is C16H10Cl2N2O. The van der Waals surface area contributed by atoms with Crippen molar-refractivity contribution in [1.29, 1.82) is 0 Å². The second-order valence-electron chi connectivity index (χ2n) is 4.44. The van der Waals surface area contributed by atoms with Crippen LogP contribution >= 0.6 is 23.2 Å². The molecular weight excluding hydrogens is 307 g/mol. The summed E-state index contributed by atoms with van der Waals surface area (Å²) in [5.41, 5.74) is 2.65. The topological polar surface area (TPSA) is 34.9 Å². The molecule has 5 heteroatoms. The number of aromatic nitrogens is 2. The summed E-state index contributed by atoms with van der Waals surface area (Å²) >= 11 is 11.5. The van der Waals surface area contributed by atoms with E-state index in [9.17, 15) is 4.79 Å². The molecule has 0 radical (unpaired) electrons. The van der Waals surface area contributed by atoms with Crippen LogP contribution in [-0.4, -0.2) is 15.0 Å². The first kappa shape index (κ1) is 13.9. The van der Waals surface area contributed by atoms with Crippen molar-refractivity contribution < 1.29 is 4.79 Å². The number of hydrogen-bond acceptors (Lipinski definition) is 2. The summed E-state index contributed by atoms with van der Waals surface area (Å²) < 4.78 is 1.52. The summed E-state index contributed by atoms with van der Waals surface area (Å²) in [5, 5.41) is 4.53. The second kappa shape index (κ2) is 5.72. The molecule has 0 atom stereocenters. The van der Waals surface area contributed by atoms with Crippen LogP contribution in [0.1, 0.15) is 10.5 Å². The van der Waals surface area contributed by atoms with E-state index in [2.05, 4.69) is 5.10 Å². The minimum absolute atomic E-state index is 0.317. The summed E-state index contributed by atoms with van der Waals surface area (Å²) in [7, 11) is 0. The molecule has 0 aliphatic heterocycles. The lowest BCUT2D eigenvalue weighted by Crippen LogP contribution is -2.04. The summed E-state index contributed by atoms with van der Waals surface area (Å²) in [6.45, 7) is 0. The van der Waals surface area contributed by atoms with Gasteiger partial charge in [0.25, 0.3) is 5.24 Å².